The van der Waals surface area contributed by atoms with Gasteiger partial charge in [-0.15, -0.1) is 0 Å². The molecule has 0 heterocycles. The summed E-state index contributed by atoms with van der Waals surface area (Å²) >= 11 is 6.31. The lowest BCUT2D eigenvalue weighted by molar-refractivity contribution is -0.139. The highest BCUT2D eigenvalue weighted by Gasteiger charge is 2.16. The minimum atomic E-state index is -0.885. The summed E-state index contributed by atoms with van der Waals surface area (Å²) in [7, 11) is 1.43. The van der Waals surface area contributed by atoms with Crippen LogP contribution in [0.15, 0.2) is 35.4 Å². The predicted molar refractivity (Wildman–Crippen MR) is 132 cm³/mol. The highest BCUT2D eigenvalue weighted by molar-refractivity contribution is 6.35. The highest BCUT2D eigenvalue weighted by Crippen LogP contribution is 2.36. The third-order valence-electron chi connectivity index (χ3n) is 4.83. The lowest BCUT2D eigenvalue weighted by Crippen LogP contribution is -2.41. The lowest BCUT2D eigenvalue weighted by Gasteiger charge is -2.14. The molecule has 3 N–H and O–H groups in total. The maximum atomic E-state index is 12.3. The first-order chi connectivity index (χ1) is 16.1. The molecule has 0 aromatic heterocycles. The number of nitrogens with zero attached hydrogens (tertiary/aromatic N) is 1. The number of ether oxygens (including phenoxy) is 2. The van der Waals surface area contributed by atoms with Crippen LogP contribution in [0.2, 0.25) is 5.02 Å². The molecule has 2 rings (SSSR count). The van der Waals surface area contributed by atoms with Gasteiger partial charge in [-0.3, -0.25) is 14.4 Å². The molecule has 0 spiro atoms. The molecule has 0 aliphatic heterocycles. The first kappa shape index (κ1) is 26.7. The second-order valence-corrected chi connectivity index (χ2v) is 8.08. The number of halogens is 1. The van der Waals surface area contributed by atoms with Crippen molar-refractivity contribution in [1.82, 2.24) is 10.7 Å². The summed E-state index contributed by atoms with van der Waals surface area (Å²) in [5, 5.41) is 9.29. The number of carbonyl (C=O) groups is 3. The van der Waals surface area contributed by atoms with Gasteiger partial charge in [-0.05, 0) is 56.5 Å². The molecule has 0 fully saturated rings. The summed E-state index contributed by atoms with van der Waals surface area (Å²) < 4.78 is 10.9. The molecular formula is C24H29ClN4O5. The van der Waals surface area contributed by atoms with E-state index in [-0.39, 0.29) is 35.1 Å². The first-order valence-electron chi connectivity index (χ1n) is 10.7. The predicted octanol–water partition coefficient (Wildman–Crippen LogP) is 3.35. The van der Waals surface area contributed by atoms with Crippen LogP contribution in [0.3, 0.4) is 0 Å². The summed E-state index contributed by atoms with van der Waals surface area (Å²) in [5.74, 6) is -1.55. The van der Waals surface area contributed by atoms with E-state index in [0.717, 1.165) is 11.1 Å². The van der Waals surface area contributed by atoms with Gasteiger partial charge in [0.1, 0.15) is 0 Å². The molecular weight excluding hydrogens is 460 g/mol. The number of amides is 3. The summed E-state index contributed by atoms with van der Waals surface area (Å²) in [5.41, 5.74) is 5.37. The van der Waals surface area contributed by atoms with Gasteiger partial charge in [0.05, 0.1) is 18.3 Å². The number of methoxy groups -OCH3 is 1. The van der Waals surface area contributed by atoms with E-state index in [1.54, 1.807) is 13.0 Å². The van der Waals surface area contributed by atoms with E-state index in [0.29, 0.717) is 17.7 Å². The third-order valence-corrected chi connectivity index (χ3v) is 5.11. The van der Waals surface area contributed by atoms with Crippen LogP contribution in [-0.4, -0.2) is 43.7 Å². The fraction of sp³-hybridized carbons (Fsp3) is 0.333. The normalized spacial score (nSPS) is 11.6. The van der Waals surface area contributed by atoms with Gasteiger partial charge in [0, 0.05) is 11.7 Å². The number of nitrogens with one attached hydrogen (secondary N) is 3. The summed E-state index contributed by atoms with van der Waals surface area (Å²) in [6.07, 6.45) is 2.00. The van der Waals surface area contributed by atoms with E-state index in [2.05, 4.69) is 21.2 Å². The van der Waals surface area contributed by atoms with E-state index < -0.39 is 11.8 Å². The smallest absolute Gasteiger partial charge is 0.329 e. The monoisotopic (exact) mass is 488 g/mol. The van der Waals surface area contributed by atoms with E-state index in [9.17, 15) is 14.4 Å². The number of rotatable bonds is 9. The van der Waals surface area contributed by atoms with Crippen LogP contribution >= 0.6 is 11.6 Å². The minimum Gasteiger partial charge on any atom is -0.493 e. The van der Waals surface area contributed by atoms with Crippen molar-refractivity contribution in [3.8, 4) is 11.5 Å². The standard InChI is InChI=1S/C24H29ClN4O5/c1-6-16(4)27-23(31)24(32)29-26-12-17-10-18(25)22(20(11-17)33-5)34-13-21(30)28-19-8-7-14(2)9-15(19)3/h7-12,16H,6,13H2,1-5H3,(H,27,31)(H,28,30)(H,29,32)/b26-12-/t16-/m0/s1. The fourth-order valence-corrected chi connectivity index (χ4v) is 3.11. The van der Waals surface area contributed by atoms with Crippen LogP contribution in [-0.2, 0) is 14.4 Å². The molecule has 0 aliphatic rings. The van der Waals surface area contributed by atoms with Crippen LogP contribution in [0, 0.1) is 13.8 Å². The van der Waals surface area contributed by atoms with Crippen molar-refractivity contribution in [2.24, 2.45) is 5.10 Å². The van der Waals surface area contributed by atoms with Crippen molar-refractivity contribution in [2.45, 2.75) is 40.2 Å². The Kier molecular flexibility index (Phi) is 9.88. The third kappa shape index (κ3) is 7.77. The van der Waals surface area contributed by atoms with E-state index in [1.807, 2.05) is 39.0 Å². The molecule has 0 radical (unpaired) electrons. The minimum absolute atomic E-state index is 0.124. The molecule has 182 valence electrons. The van der Waals surface area contributed by atoms with Crippen LogP contribution in [0.1, 0.15) is 37.0 Å². The number of carbonyl (C=O) groups excluding carboxylic acids is 3. The Balaban J connectivity index is 2.01. The van der Waals surface area contributed by atoms with Gasteiger partial charge in [-0.2, -0.15) is 5.10 Å². The van der Waals surface area contributed by atoms with Gasteiger partial charge in [0.15, 0.2) is 18.1 Å². The molecule has 34 heavy (non-hydrogen) atoms. The number of anilines is 1. The highest BCUT2D eigenvalue weighted by atomic mass is 35.5. The van der Waals surface area contributed by atoms with Gasteiger partial charge in [-0.25, -0.2) is 5.43 Å². The Labute approximate surface area is 203 Å². The van der Waals surface area contributed by atoms with Gasteiger partial charge in [-0.1, -0.05) is 36.2 Å². The van der Waals surface area contributed by atoms with Crippen molar-refractivity contribution in [1.29, 1.82) is 0 Å². The Morgan fingerprint density at radius 3 is 2.53 bits per heavy atom. The van der Waals surface area contributed by atoms with Gasteiger partial charge < -0.3 is 20.1 Å². The first-order valence-corrected chi connectivity index (χ1v) is 11.0. The molecule has 9 nitrogen and oxygen atoms in total. The Hall–Kier alpha value is -3.59. The van der Waals surface area contributed by atoms with E-state index in [1.165, 1.54) is 19.4 Å². The van der Waals surface area contributed by atoms with Crippen LogP contribution in [0.5, 0.6) is 11.5 Å². The average Bonchev–Trinajstić information content (AvgIpc) is 2.79. The molecule has 2 aromatic carbocycles. The average molecular weight is 489 g/mol. The maximum absolute atomic E-state index is 12.3. The second-order valence-electron chi connectivity index (χ2n) is 7.67. The number of benzene rings is 2. The molecule has 0 saturated heterocycles. The maximum Gasteiger partial charge on any atom is 0.329 e. The Morgan fingerprint density at radius 2 is 1.88 bits per heavy atom. The molecule has 0 aliphatic carbocycles. The number of hydrazone groups is 1. The topological polar surface area (TPSA) is 118 Å². The molecule has 3 amide bonds. The molecule has 0 saturated carbocycles. The molecule has 1 atom stereocenters. The van der Waals surface area contributed by atoms with Crippen molar-refractivity contribution in [2.75, 3.05) is 19.0 Å². The van der Waals surface area contributed by atoms with Crippen molar-refractivity contribution >= 4 is 41.2 Å². The lowest BCUT2D eigenvalue weighted by atomic mass is 10.1. The number of hydrogen-bond donors (Lipinski definition) is 3. The Bertz CT molecular complexity index is 1090. The van der Waals surface area contributed by atoms with Crippen molar-refractivity contribution < 1.29 is 23.9 Å². The molecule has 0 unspecified atom stereocenters. The zero-order valence-electron chi connectivity index (χ0n) is 19.8. The van der Waals surface area contributed by atoms with E-state index in [4.69, 9.17) is 21.1 Å². The number of hydrogen-bond acceptors (Lipinski definition) is 6. The quantitative estimate of drug-likeness (QED) is 0.284. The van der Waals surface area contributed by atoms with E-state index >= 15 is 0 Å². The summed E-state index contributed by atoms with van der Waals surface area (Å²) in [6, 6.07) is 8.67. The molecule has 10 heteroatoms. The zero-order chi connectivity index (χ0) is 25.3. The summed E-state index contributed by atoms with van der Waals surface area (Å²) in [4.78, 5) is 35.9. The zero-order valence-corrected chi connectivity index (χ0v) is 20.6. The fourth-order valence-electron chi connectivity index (χ4n) is 2.84. The van der Waals surface area contributed by atoms with Crippen LogP contribution in [0.4, 0.5) is 5.69 Å². The second kappa shape index (κ2) is 12.6. The summed E-state index contributed by atoms with van der Waals surface area (Å²) in [6.45, 7) is 7.29. The SMILES string of the molecule is CC[C@H](C)NC(=O)C(=O)N/N=C\c1cc(Cl)c(OCC(=O)Nc2ccc(C)cc2C)c(OC)c1. The van der Waals surface area contributed by atoms with Gasteiger partial charge >= 0.3 is 11.8 Å². The Morgan fingerprint density at radius 1 is 1.15 bits per heavy atom. The largest absolute Gasteiger partial charge is 0.493 e. The van der Waals surface area contributed by atoms with Crippen molar-refractivity contribution in [3.63, 3.8) is 0 Å². The van der Waals surface area contributed by atoms with Gasteiger partial charge in [0.2, 0.25) is 0 Å². The number of aryl methyl sites for hydroxylation is 2. The van der Waals surface area contributed by atoms with Crippen LogP contribution in [0.25, 0.3) is 0 Å². The van der Waals surface area contributed by atoms with Crippen LogP contribution < -0.4 is 25.5 Å². The molecule has 2 aromatic rings. The molecule has 0 bridgehead atoms. The van der Waals surface area contributed by atoms with Gasteiger partial charge in [0.25, 0.3) is 5.91 Å². The van der Waals surface area contributed by atoms with Crippen molar-refractivity contribution in [3.05, 3.63) is 52.0 Å².